The third-order valence-corrected chi connectivity index (χ3v) is 1.79. The Balaban J connectivity index is 2.43. The van der Waals surface area contributed by atoms with E-state index in [0.717, 1.165) is 0 Å². The van der Waals surface area contributed by atoms with Crippen LogP contribution in [0.2, 0.25) is 0 Å². The van der Waals surface area contributed by atoms with Crippen molar-refractivity contribution in [1.29, 1.82) is 0 Å². The number of carbonyl (C=O) groups is 2. The van der Waals surface area contributed by atoms with Crippen molar-refractivity contribution in [3.05, 3.63) is 12.2 Å². The fourth-order valence-corrected chi connectivity index (χ4v) is 1.06. The highest BCUT2D eigenvalue weighted by molar-refractivity contribution is 5.93. The summed E-state index contributed by atoms with van der Waals surface area (Å²) in [5.74, 6) is -1.08. The maximum atomic E-state index is 11.0. The minimum atomic E-state index is -1.15. The van der Waals surface area contributed by atoms with Gasteiger partial charge in [0.05, 0.1) is 6.54 Å². The molecule has 0 aliphatic heterocycles. The molecule has 0 aliphatic carbocycles. The fourth-order valence-electron chi connectivity index (χ4n) is 1.06. The first kappa shape index (κ1) is 11.2. The summed E-state index contributed by atoms with van der Waals surface area (Å²) in [6, 6.07) is 0. The second kappa shape index (κ2) is 5.08. The number of amides is 1. The lowest BCUT2D eigenvalue weighted by atomic mass is 10.4. The smallest absolute Gasteiger partial charge is 0.312 e. The Morgan fingerprint density at radius 2 is 2.33 bits per heavy atom. The maximum Gasteiger partial charge on any atom is 0.312 e. The van der Waals surface area contributed by atoms with E-state index in [-0.39, 0.29) is 6.54 Å². The predicted molar refractivity (Wildman–Crippen MR) is 49.8 cm³/mol. The van der Waals surface area contributed by atoms with Gasteiger partial charge in [0.25, 0.3) is 0 Å². The molecule has 1 amide bonds. The van der Waals surface area contributed by atoms with E-state index in [1.807, 2.05) is 6.92 Å². The summed E-state index contributed by atoms with van der Waals surface area (Å²) in [6.07, 6.45) is 1.03. The first-order valence-corrected chi connectivity index (χ1v) is 4.48. The molecule has 0 aromatic carbocycles. The van der Waals surface area contributed by atoms with Crippen LogP contribution in [0, 0.1) is 0 Å². The zero-order chi connectivity index (χ0) is 11.3. The van der Waals surface area contributed by atoms with Crippen molar-refractivity contribution in [1.82, 2.24) is 20.1 Å². The number of aliphatic carboxylic acids is 1. The normalized spacial score (nSPS) is 9.93. The Hall–Kier alpha value is -1.92. The molecule has 1 heterocycles. The van der Waals surface area contributed by atoms with Crippen molar-refractivity contribution in [2.24, 2.45) is 0 Å². The van der Waals surface area contributed by atoms with E-state index in [1.54, 1.807) is 10.9 Å². The zero-order valence-electron chi connectivity index (χ0n) is 8.30. The van der Waals surface area contributed by atoms with Gasteiger partial charge in [0.15, 0.2) is 5.82 Å². The molecule has 0 saturated carbocycles. The van der Waals surface area contributed by atoms with Crippen LogP contribution in [0.3, 0.4) is 0 Å². The fraction of sp³-hybridized carbons (Fsp3) is 0.500. The van der Waals surface area contributed by atoms with Gasteiger partial charge < -0.3 is 15.0 Å². The van der Waals surface area contributed by atoms with Crippen LogP contribution in [0.4, 0.5) is 0 Å². The average molecular weight is 212 g/mol. The van der Waals surface area contributed by atoms with Gasteiger partial charge in [-0.05, 0) is 6.92 Å². The molecule has 2 N–H and O–H groups in total. The molecule has 15 heavy (non-hydrogen) atoms. The molecule has 0 spiro atoms. The van der Waals surface area contributed by atoms with Crippen molar-refractivity contribution in [3.8, 4) is 0 Å². The van der Waals surface area contributed by atoms with Crippen molar-refractivity contribution < 1.29 is 14.7 Å². The number of nitrogens with one attached hydrogen (secondary N) is 1. The van der Waals surface area contributed by atoms with E-state index >= 15 is 0 Å². The van der Waals surface area contributed by atoms with Crippen molar-refractivity contribution in [2.75, 3.05) is 0 Å². The van der Waals surface area contributed by atoms with Gasteiger partial charge in [-0.15, -0.1) is 10.2 Å². The highest BCUT2D eigenvalue weighted by Crippen LogP contribution is 1.94. The van der Waals surface area contributed by atoms with Gasteiger partial charge in [0, 0.05) is 6.54 Å². The van der Waals surface area contributed by atoms with Crippen molar-refractivity contribution >= 4 is 11.9 Å². The van der Waals surface area contributed by atoms with Crippen LogP contribution in [-0.2, 0) is 22.7 Å². The van der Waals surface area contributed by atoms with Gasteiger partial charge in [-0.3, -0.25) is 9.59 Å². The molecule has 0 unspecified atom stereocenters. The number of aryl methyl sites for hydroxylation is 1. The molecule has 0 radical (unpaired) electrons. The molecule has 1 aromatic rings. The van der Waals surface area contributed by atoms with Crippen LogP contribution >= 0.6 is 0 Å². The lowest BCUT2D eigenvalue weighted by Gasteiger charge is -2.04. The number of aromatic nitrogens is 3. The van der Waals surface area contributed by atoms with Gasteiger partial charge in [-0.2, -0.15) is 0 Å². The third kappa shape index (κ3) is 3.37. The minimum Gasteiger partial charge on any atom is -0.481 e. The Morgan fingerprint density at radius 3 is 2.93 bits per heavy atom. The summed E-state index contributed by atoms with van der Waals surface area (Å²) in [5, 5.41) is 18.3. The highest BCUT2D eigenvalue weighted by Gasteiger charge is 2.08. The SMILES string of the molecule is CCn1cnnc1CNC(=O)CC(=O)O. The molecular formula is C8H12N4O3. The number of carbonyl (C=O) groups excluding carboxylic acids is 1. The lowest BCUT2D eigenvalue weighted by Crippen LogP contribution is -2.26. The number of hydrogen-bond acceptors (Lipinski definition) is 4. The van der Waals surface area contributed by atoms with Gasteiger partial charge in [-0.1, -0.05) is 0 Å². The molecule has 1 rings (SSSR count). The van der Waals surface area contributed by atoms with E-state index in [9.17, 15) is 9.59 Å². The number of rotatable bonds is 5. The summed E-state index contributed by atoms with van der Waals surface area (Å²) in [7, 11) is 0. The minimum absolute atomic E-state index is 0.194. The number of nitrogens with zero attached hydrogens (tertiary/aromatic N) is 3. The van der Waals surface area contributed by atoms with E-state index in [0.29, 0.717) is 12.4 Å². The Labute approximate surface area is 86.1 Å². The van der Waals surface area contributed by atoms with Crippen LogP contribution in [0.15, 0.2) is 6.33 Å². The van der Waals surface area contributed by atoms with E-state index in [1.165, 1.54) is 0 Å². The monoisotopic (exact) mass is 212 g/mol. The Bertz CT molecular complexity index is 361. The van der Waals surface area contributed by atoms with Gasteiger partial charge >= 0.3 is 5.97 Å². The van der Waals surface area contributed by atoms with E-state index in [4.69, 9.17) is 5.11 Å². The van der Waals surface area contributed by atoms with Crippen LogP contribution < -0.4 is 5.32 Å². The largest absolute Gasteiger partial charge is 0.481 e. The summed E-state index contributed by atoms with van der Waals surface area (Å²) in [5.41, 5.74) is 0. The number of carboxylic acid groups (broad SMARTS) is 1. The van der Waals surface area contributed by atoms with Gasteiger partial charge in [0.1, 0.15) is 12.7 Å². The molecule has 0 fully saturated rings. The summed E-state index contributed by atoms with van der Waals surface area (Å²) in [6.45, 7) is 2.82. The van der Waals surface area contributed by atoms with Gasteiger partial charge in [0.2, 0.25) is 5.91 Å². The topological polar surface area (TPSA) is 97.1 Å². The van der Waals surface area contributed by atoms with Crippen molar-refractivity contribution in [3.63, 3.8) is 0 Å². The summed E-state index contributed by atoms with van der Waals surface area (Å²) < 4.78 is 1.76. The molecule has 7 nitrogen and oxygen atoms in total. The third-order valence-electron chi connectivity index (χ3n) is 1.79. The summed E-state index contributed by atoms with van der Waals surface area (Å²) in [4.78, 5) is 21.2. The number of carboxylic acids is 1. The molecule has 7 heteroatoms. The lowest BCUT2D eigenvalue weighted by molar-refractivity contribution is -0.140. The molecule has 0 bridgehead atoms. The molecule has 82 valence electrons. The first-order chi connectivity index (χ1) is 7.13. The number of hydrogen-bond donors (Lipinski definition) is 2. The molecular weight excluding hydrogens is 200 g/mol. The van der Waals surface area contributed by atoms with Crippen LogP contribution in [0.25, 0.3) is 0 Å². The first-order valence-electron chi connectivity index (χ1n) is 4.48. The summed E-state index contributed by atoms with van der Waals surface area (Å²) >= 11 is 0. The maximum absolute atomic E-state index is 11.0. The second-order valence-corrected chi connectivity index (χ2v) is 2.88. The van der Waals surface area contributed by atoms with E-state index < -0.39 is 18.3 Å². The van der Waals surface area contributed by atoms with Crippen LogP contribution in [0.5, 0.6) is 0 Å². The Morgan fingerprint density at radius 1 is 1.60 bits per heavy atom. The molecule has 0 aliphatic rings. The van der Waals surface area contributed by atoms with E-state index in [2.05, 4.69) is 15.5 Å². The Kier molecular flexibility index (Phi) is 3.78. The zero-order valence-corrected chi connectivity index (χ0v) is 8.30. The quantitative estimate of drug-likeness (QED) is 0.634. The molecule has 1 aromatic heterocycles. The average Bonchev–Trinajstić information content (AvgIpc) is 2.60. The predicted octanol–water partition coefficient (Wildman–Crippen LogP) is -0.611. The van der Waals surface area contributed by atoms with Crippen LogP contribution in [-0.4, -0.2) is 31.7 Å². The molecule has 0 atom stereocenters. The standard InChI is InChI=1S/C8H12N4O3/c1-2-12-5-10-11-6(12)4-9-7(13)3-8(14)15/h5H,2-4H2,1H3,(H,9,13)(H,14,15). The van der Waals surface area contributed by atoms with Crippen LogP contribution in [0.1, 0.15) is 19.2 Å². The van der Waals surface area contributed by atoms with Gasteiger partial charge in [-0.25, -0.2) is 0 Å². The second-order valence-electron chi connectivity index (χ2n) is 2.88. The molecule has 0 saturated heterocycles. The highest BCUT2D eigenvalue weighted by atomic mass is 16.4. The van der Waals surface area contributed by atoms with Crippen molar-refractivity contribution in [2.45, 2.75) is 26.4 Å².